The van der Waals surface area contributed by atoms with E-state index in [-0.39, 0.29) is 61.7 Å². The molecule has 338 valence electrons. The summed E-state index contributed by atoms with van der Waals surface area (Å²) in [7, 11) is 0. The lowest BCUT2D eigenvalue weighted by Gasteiger charge is -2.41. The highest BCUT2D eigenvalue weighted by Gasteiger charge is 2.53. The molecule has 0 fully saturated rings. The molecule has 7 rings (SSSR count). The van der Waals surface area contributed by atoms with Crippen LogP contribution in [0.5, 0.6) is 11.5 Å². The molecule has 0 saturated heterocycles. The molecule has 3 heterocycles. The standard InChI is InChI=1S/C49H44F6N4O6/c1-32-13-16-38(27-33(32)2)58(23-21-34-14-19-42(56-29-34)48(50,51)52)44(60)46(62,36-9-5-3-6-10-36)31-47(63,37-11-7-4-8-12-37)45(61)59(39-17-18-40-41(28-39)65-26-25-64-40)24-22-35-15-20-43(57-30-35)49(53,54)55/h3-20,27-30,62-63H,21-26,31H2,1-2H3/t46-,47+/m1/s1. The first-order valence-electron chi connectivity index (χ1n) is 20.6. The van der Waals surface area contributed by atoms with E-state index >= 15 is 9.59 Å². The zero-order valence-electron chi connectivity index (χ0n) is 35.2. The Kier molecular flexibility index (Phi) is 13.3. The SMILES string of the molecule is Cc1ccc(N(CCc2ccc(C(F)(F)F)nc2)C(=O)[C@@](O)(C[C@@](O)(C(=O)N(CCc2ccc(C(F)(F)F)nc2)c2ccc3c(c2)OCCO3)c2ccccc2)c2ccccc2)cc1C. The van der Waals surface area contributed by atoms with Crippen LogP contribution in [0.4, 0.5) is 37.7 Å². The van der Waals surface area contributed by atoms with Crippen molar-refractivity contribution in [2.45, 2.75) is 56.7 Å². The predicted molar refractivity (Wildman–Crippen MR) is 229 cm³/mol. The van der Waals surface area contributed by atoms with Crippen molar-refractivity contribution in [3.63, 3.8) is 0 Å². The number of benzene rings is 4. The summed E-state index contributed by atoms with van der Waals surface area (Å²) in [6.07, 6.45) is -8.25. The minimum Gasteiger partial charge on any atom is -0.486 e. The molecule has 4 aromatic carbocycles. The third-order valence-corrected chi connectivity index (χ3v) is 11.3. The van der Waals surface area contributed by atoms with Crippen LogP contribution in [-0.2, 0) is 46.0 Å². The average Bonchev–Trinajstić information content (AvgIpc) is 3.30. The largest absolute Gasteiger partial charge is 0.486 e. The van der Waals surface area contributed by atoms with Crippen molar-refractivity contribution in [3.8, 4) is 11.5 Å². The van der Waals surface area contributed by atoms with Crippen LogP contribution in [0.25, 0.3) is 0 Å². The Balaban J connectivity index is 1.33. The topological polar surface area (TPSA) is 125 Å². The number of hydrogen-bond acceptors (Lipinski definition) is 8. The van der Waals surface area contributed by atoms with Crippen LogP contribution in [0.1, 0.15) is 51.2 Å². The smallest absolute Gasteiger partial charge is 0.433 e. The summed E-state index contributed by atoms with van der Waals surface area (Å²) in [6.45, 7) is 3.77. The van der Waals surface area contributed by atoms with E-state index in [1.54, 1.807) is 66.7 Å². The molecule has 65 heavy (non-hydrogen) atoms. The van der Waals surface area contributed by atoms with E-state index in [4.69, 9.17) is 9.47 Å². The number of aromatic nitrogens is 2. The summed E-state index contributed by atoms with van der Waals surface area (Å²) in [5.41, 5.74) is -4.68. The highest BCUT2D eigenvalue weighted by molar-refractivity contribution is 6.03. The summed E-state index contributed by atoms with van der Waals surface area (Å²) in [6, 6.07) is 29.4. The van der Waals surface area contributed by atoms with Gasteiger partial charge in [-0.05, 0) is 96.5 Å². The molecule has 2 N–H and O–H groups in total. The van der Waals surface area contributed by atoms with Crippen LogP contribution in [0.2, 0.25) is 0 Å². The van der Waals surface area contributed by atoms with Gasteiger partial charge in [0.15, 0.2) is 22.7 Å². The molecule has 16 heteroatoms. The monoisotopic (exact) mass is 898 g/mol. The fourth-order valence-corrected chi connectivity index (χ4v) is 7.60. The molecule has 1 aliphatic heterocycles. The Labute approximate surface area is 370 Å². The summed E-state index contributed by atoms with van der Waals surface area (Å²) in [5.74, 6) is -1.29. The van der Waals surface area contributed by atoms with Gasteiger partial charge in [-0.25, -0.2) is 0 Å². The molecule has 0 bridgehead atoms. The number of aliphatic hydroxyl groups is 2. The number of pyridine rings is 2. The molecule has 10 nitrogen and oxygen atoms in total. The second-order valence-corrected chi connectivity index (χ2v) is 15.7. The molecule has 2 atom stereocenters. The Bertz CT molecular complexity index is 2610. The summed E-state index contributed by atoms with van der Waals surface area (Å²) < 4.78 is 91.9. The van der Waals surface area contributed by atoms with Gasteiger partial charge in [0.05, 0.1) is 0 Å². The maximum absolute atomic E-state index is 15.5. The number of ether oxygens (including phenoxy) is 2. The number of aryl methyl sites for hydroxylation is 2. The lowest BCUT2D eigenvalue weighted by Crippen LogP contribution is -2.56. The van der Waals surface area contributed by atoms with E-state index in [1.165, 1.54) is 52.3 Å². The van der Waals surface area contributed by atoms with Gasteiger partial charge >= 0.3 is 12.4 Å². The molecule has 0 aliphatic carbocycles. The zero-order valence-corrected chi connectivity index (χ0v) is 35.2. The number of alkyl halides is 6. The molecule has 6 aromatic rings. The van der Waals surface area contributed by atoms with Crippen molar-refractivity contribution >= 4 is 23.2 Å². The number of halogens is 6. The second-order valence-electron chi connectivity index (χ2n) is 15.7. The van der Waals surface area contributed by atoms with Gasteiger partial charge in [0.2, 0.25) is 0 Å². The van der Waals surface area contributed by atoms with Gasteiger partial charge in [-0.2, -0.15) is 26.3 Å². The number of anilines is 2. The van der Waals surface area contributed by atoms with E-state index < -0.39 is 53.2 Å². The van der Waals surface area contributed by atoms with Gasteiger partial charge in [-0.3, -0.25) is 19.6 Å². The number of hydrogen-bond donors (Lipinski definition) is 2. The van der Waals surface area contributed by atoms with E-state index in [2.05, 4.69) is 9.97 Å². The van der Waals surface area contributed by atoms with Gasteiger partial charge in [0.1, 0.15) is 24.6 Å². The summed E-state index contributed by atoms with van der Waals surface area (Å²) in [4.78, 5) is 40.6. The minimum absolute atomic E-state index is 0.000504. The maximum atomic E-state index is 15.5. The zero-order chi connectivity index (χ0) is 46.6. The predicted octanol–water partition coefficient (Wildman–Crippen LogP) is 8.92. The Morgan fingerprint density at radius 1 is 0.569 bits per heavy atom. The fraction of sp³-hybridized carbons (Fsp3) is 0.265. The maximum Gasteiger partial charge on any atom is 0.433 e. The number of rotatable bonds is 14. The Hall–Kier alpha value is -6.78. The molecular formula is C49H44F6N4O6. The molecule has 1 aliphatic rings. The van der Waals surface area contributed by atoms with Gasteiger partial charge in [-0.15, -0.1) is 0 Å². The number of fused-ring (bicyclic) bond motifs is 1. The van der Waals surface area contributed by atoms with Crippen LogP contribution in [-0.4, -0.2) is 58.3 Å². The lowest BCUT2D eigenvalue weighted by molar-refractivity contribution is -0.156. The molecule has 2 amide bonds. The van der Waals surface area contributed by atoms with Crippen LogP contribution < -0.4 is 19.3 Å². The molecule has 0 radical (unpaired) electrons. The number of amides is 2. The molecule has 0 spiro atoms. The first kappa shape index (κ1) is 46.2. The van der Waals surface area contributed by atoms with Crippen molar-refractivity contribution < 1.29 is 55.6 Å². The first-order valence-corrected chi connectivity index (χ1v) is 20.6. The third-order valence-electron chi connectivity index (χ3n) is 11.3. The van der Waals surface area contributed by atoms with Crippen LogP contribution in [0, 0.1) is 13.8 Å². The Morgan fingerprint density at radius 2 is 1.02 bits per heavy atom. The van der Waals surface area contributed by atoms with Crippen molar-refractivity contribution in [2.75, 3.05) is 36.1 Å². The van der Waals surface area contributed by atoms with Crippen molar-refractivity contribution in [2.24, 2.45) is 0 Å². The molecular weight excluding hydrogens is 855 g/mol. The van der Waals surface area contributed by atoms with E-state index in [1.807, 2.05) is 13.8 Å². The van der Waals surface area contributed by atoms with E-state index in [9.17, 15) is 36.6 Å². The van der Waals surface area contributed by atoms with Gasteiger partial charge in [0.25, 0.3) is 11.8 Å². The highest BCUT2D eigenvalue weighted by Crippen LogP contribution is 2.42. The van der Waals surface area contributed by atoms with Crippen LogP contribution in [0.15, 0.2) is 134 Å². The molecule has 0 unspecified atom stereocenters. The van der Waals surface area contributed by atoms with Crippen molar-refractivity contribution in [1.29, 1.82) is 0 Å². The molecule has 0 saturated carbocycles. The van der Waals surface area contributed by atoms with Crippen molar-refractivity contribution in [1.82, 2.24) is 9.97 Å². The average molecular weight is 899 g/mol. The highest BCUT2D eigenvalue weighted by atomic mass is 19.4. The van der Waals surface area contributed by atoms with E-state index in [0.717, 1.165) is 35.7 Å². The number of nitrogens with zero attached hydrogens (tertiary/aromatic N) is 4. The van der Waals surface area contributed by atoms with Gasteiger partial charge in [0, 0.05) is 49.3 Å². The number of carbonyl (C=O) groups is 2. The van der Waals surface area contributed by atoms with Gasteiger partial charge < -0.3 is 29.5 Å². The summed E-state index contributed by atoms with van der Waals surface area (Å²) in [5, 5.41) is 26.4. The Morgan fingerprint density at radius 3 is 1.45 bits per heavy atom. The van der Waals surface area contributed by atoms with Gasteiger partial charge in [-0.1, -0.05) is 78.9 Å². The van der Waals surface area contributed by atoms with Crippen LogP contribution in [0.3, 0.4) is 0 Å². The first-order chi connectivity index (χ1) is 30.9. The van der Waals surface area contributed by atoms with E-state index in [0.29, 0.717) is 22.6 Å². The number of carbonyl (C=O) groups excluding carboxylic acids is 2. The van der Waals surface area contributed by atoms with Crippen LogP contribution >= 0.6 is 0 Å². The third kappa shape index (κ3) is 10.3. The lowest BCUT2D eigenvalue weighted by atomic mass is 9.76. The summed E-state index contributed by atoms with van der Waals surface area (Å²) >= 11 is 0. The van der Waals surface area contributed by atoms with Crippen molar-refractivity contribution in [3.05, 3.63) is 178 Å². The second kappa shape index (κ2) is 18.7. The quantitative estimate of drug-likeness (QED) is 0.104. The normalized spacial score (nSPS) is 14.5. The minimum atomic E-state index is -4.68. The fourth-order valence-electron chi connectivity index (χ4n) is 7.60. The molecule has 2 aromatic heterocycles.